The minimum atomic E-state index is -1.38. The van der Waals surface area contributed by atoms with Gasteiger partial charge in [0.05, 0.1) is 6.04 Å². The van der Waals surface area contributed by atoms with Gasteiger partial charge in [0, 0.05) is 6.54 Å². The molecule has 226 valence electrons. The van der Waals surface area contributed by atoms with Gasteiger partial charge in [0.25, 0.3) is 17.7 Å². The molecule has 1 heterocycles. The van der Waals surface area contributed by atoms with Crippen molar-refractivity contribution in [3.63, 3.8) is 0 Å². The Morgan fingerprint density at radius 2 is 1.50 bits per heavy atom. The van der Waals surface area contributed by atoms with Crippen molar-refractivity contribution in [2.24, 2.45) is 5.92 Å². The molecule has 2 aromatic carbocycles. The lowest BCUT2D eigenvalue weighted by atomic mass is 10.0. The number of nitrogens with one attached hydrogen (secondary N) is 4. The second-order valence-electron chi connectivity index (χ2n) is 10.5. The molecule has 42 heavy (non-hydrogen) atoms. The highest BCUT2D eigenvalue weighted by atomic mass is 16.6. The Morgan fingerprint density at radius 1 is 0.881 bits per heavy atom. The number of carboxylic acid groups (broad SMARTS) is 1. The zero-order valence-electron chi connectivity index (χ0n) is 24.0. The van der Waals surface area contributed by atoms with Crippen molar-refractivity contribution in [2.45, 2.75) is 64.4 Å². The Labute approximate surface area is 245 Å². The van der Waals surface area contributed by atoms with Gasteiger partial charge in [-0.25, -0.2) is 5.01 Å². The van der Waals surface area contributed by atoms with E-state index in [9.17, 15) is 29.1 Å². The molecule has 1 fully saturated rings. The molecule has 2 unspecified atom stereocenters. The van der Waals surface area contributed by atoms with E-state index in [0.29, 0.717) is 11.6 Å². The van der Waals surface area contributed by atoms with E-state index in [1.165, 1.54) is 12.5 Å². The maximum atomic E-state index is 13.0. The summed E-state index contributed by atoms with van der Waals surface area (Å²) >= 11 is 0. The van der Waals surface area contributed by atoms with Gasteiger partial charge >= 0.3 is 5.97 Å². The van der Waals surface area contributed by atoms with Crippen molar-refractivity contribution in [1.82, 2.24) is 26.4 Å². The number of nitrogens with zero attached hydrogens (tertiary/aromatic N) is 1. The van der Waals surface area contributed by atoms with Crippen molar-refractivity contribution in [1.29, 1.82) is 0 Å². The van der Waals surface area contributed by atoms with Crippen LogP contribution in [0.15, 0.2) is 60.7 Å². The van der Waals surface area contributed by atoms with Crippen molar-refractivity contribution in [3.8, 4) is 0 Å². The Kier molecular flexibility index (Phi) is 12.0. The van der Waals surface area contributed by atoms with E-state index in [4.69, 9.17) is 4.74 Å². The lowest BCUT2D eigenvalue weighted by molar-refractivity contribution is -0.151. The molecule has 2 aromatic rings. The number of hydrogen-bond acceptors (Lipinski definition) is 7. The molecule has 12 heteroatoms. The van der Waals surface area contributed by atoms with E-state index in [-0.39, 0.29) is 12.5 Å². The van der Waals surface area contributed by atoms with E-state index in [0.717, 1.165) is 18.4 Å². The first kappa shape index (κ1) is 32.2. The van der Waals surface area contributed by atoms with Gasteiger partial charge in [-0.2, -0.15) is 0 Å². The molecular weight excluding hydrogens is 542 g/mol. The lowest BCUT2D eigenvalue weighted by Gasteiger charge is -2.26. The van der Waals surface area contributed by atoms with Crippen LogP contribution in [0.3, 0.4) is 0 Å². The largest absolute Gasteiger partial charge is 0.480 e. The topological polar surface area (TPSA) is 169 Å². The van der Waals surface area contributed by atoms with E-state index < -0.39 is 60.4 Å². The molecule has 4 amide bonds. The first-order chi connectivity index (χ1) is 20.1. The van der Waals surface area contributed by atoms with Gasteiger partial charge in [0.1, 0.15) is 12.6 Å². The zero-order valence-corrected chi connectivity index (χ0v) is 24.0. The summed E-state index contributed by atoms with van der Waals surface area (Å²) in [5.41, 5.74) is 4.30. The highest BCUT2D eigenvalue weighted by Crippen LogP contribution is 2.24. The van der Waals surface area contributed by atoms with Gasteiger partial charge in [-0.15, -0.1) is 0 Å². The highest BCUT2D eigenvalue weighted by molar-refractivity contribution is 5.97. The lowest BCUT2D eigenvalue weighted by Crippen LogP contribution is -2.58. The highest BCUT2D eigenvalue weighted by Gasteiger charge is 2.52. The minimum absolute atomic E-state index is 0.0703. The molecule has 0 spiro atoms. The van der Waals surface area contributed by atoms with Crippen molar-refractivity contribution in [3.05, 3.63) is 71.8 Å². The average Bonchev–Trinajstić information content (AvgIpc) is 3.77. The molecule has 0 aromatic heterocycles. The first-order valence-electron chi connectivity index (χ1n) is 13.9. The Bertz CT molecular complexity index is 1230. The molecule has 0 bridgehead atoms. The number of rotatable bonds is 15. The summed E-state index contributed by atoms with van der Waals surface area (Å²) in [6, 6.07) is 17.5. The average molecular weight is 582 g/mol. The van der Waals surface area contributed by atoms with E-state index in [1.807, 2.05) is 74.5 Å². The van der Waals surface area contributed by atoms with Gasteiger partial charge in [0.2, 0.25) is 5.91 Å². The number of benzene rings is 2. The smallest absolute Gasteiger partial charge is 0.325 e. The summed E-state index contributed by atoms with van der Waals surface area (Å²) in [5, 5.41) is 18.4. The second-order valence-corrected chi connectivity index (χ2v) is 10.5. The van der Waals surface area contributed by atoms with Gasteiger partial charge < -0.3 is 25.8 Å². The van der Waals surface area contributed by atoms with Gasteiger partial charge in [-0.1, -0.05) is 74.5 Å². The molecule has 0 saturated carbocycles. The summed E-state index contributed by atoms with van der Waals surface area (Å²) in [4.78, 5) is 62.5. The summed E-state index contributed by atoms with van der Waals surface area (Å²) in [6.07, 6.45) is -0.675. The zero-order chi connectivity index (χ0) is 30.6. The SMILES string of the molecule is CC(NC(=O)C(NCCCc1ccccc1)C(C)C)C(=O)NN(CC(=O)O)C(=O)[C@H]1O[C@@H]1C(=O)NCc1ccccc1. The van der Waals surface area contributed by atoms with Crippen LogP contribution in [0.2, 0.25) is 0 Å². The Hall–Kier alpha value is -4.29. The number of epoxide rings is 1. The van der Waals surface area contributed by atoms with E-state index >= 15 is 0 Å². The summed E-state index contributed by atoms with van der Waals surface area (Å²) in [5.74, 6) is -4.07. The molecule has 0 aliphatic carbocycles. The van der Waals surface area contributed by atoms with Crippen LogP contribution < -0.4 is 21.4 Å². The maximum absolute atomic E-state index is 13.0. The molecular formula is C30H39N5O7. The molecule has 1 saturated heterocycles. The first-order valence-corrected chi connectivity index (χ1v) is 13.9. The van der Waals surface area contributed by atoms with Crippen LogP contribution in [-0.2, 0) is 41.7 Å². The van der Waals surface area contributed by atoms with Crippen molar-refractivity contribution < 1.29 is 33.8 Å². The summed E-state index contributed by atoms with van der Waals surface area (Å²) in [6.45, 7) is 5.15. The number of ether oxygens (including phenoxy) is 1. The Morgan fingerprint density at radius 3 is 2.10 bits per heavy atom. The fraction of sp³-hybridized carbons (Fsp3) is 0.433. The second kappa shape index (κ2) is 15.6. The summed E-state index contributed by atoms with van der Waals surface area (Å²) < 4.78 is 5.21. The predicted molar refractivity (Wildman–Crippen MR) is 153 cm³/mol. The van der Waals surface area contributed by atoms with Gasteiger partial charge in [-0.05, 0) is 43.4 Å². The molecule has 3 rings (SSSR count). The fourth-order valence-corrected chi connectivity index (χ4v) is 4.27. The number of hydrogen-bond donors (Lipinski definition) is 5. The van der Waals surface area contributed by atoms with Crippen LogP contribution in [0.4, 0.5) is 0 Å². The fourth-order valence-electron chi connectivity index (χ4n) is 4.27. The van der Waals surface area contributed by atoms with E-state index in [1.54, 1.807) is 0 Å². The number of aliphatic carboxylic acids is 1. The number of hydrazine groups is 1. The van der Waals surface area contributed by atoms with Crippen molar-refractivity contribution >= 4 is 29.6 Å². The third-order valence-electron chi connectivity index (χ3n) is 6.66. The number of amides is 4. The third-order valence-corrected chi connectivity index (χ3v) is 6.66. The Balaban J connectivity index is 1.49. The number of aryl methyl sites for hydroxylation is 1. The molecule has 5 N–H and O–H groups in total. The number of carbonyl (C=O) groups excluding carboxylic acids is 4. The van der Waals surface area contributed by atoms with Crippen LogP contribution in [0.1, 0.15) is 38.3 Å². The molecule has 12 nitrogen and oxygen atoms in total. The maximum Gasteiger partial charge on any atom is 0.325 e. The number of carbonyl (C=O) groups is 5. The van der Waals surface area contributed by atoms with Crippen LogP contribution in [0, 0.1) is 5.92 Å². The quantitative estimate of drug-likeness (QED) is 0.117. The third kappa shape index (κ3) is 9.96. The predicted octanol–water partition coefficient (Wildman–Crippen LogP) is 0.766. The van der Waals surface area contributed by atoms with Crippen molar-refractivity contribution in [2.75, 3.05) is 13.1 Å². The van der Waals surface area contributed by atoms with Crippen LogP contribution >= 0.6 is 0 Å². The minimum Gasteiger partial charge on any atom is -0.480 e. The van der Waals surface area contributed by atoms with Crippen LogP contribution in [0.25, 0.3) is 0 Å². The van der Waals surface area contributed by atoms with Gasteiger partial charge in [0.15, 0.2) is 12.2 Å². The van der Waals surface area contributed by atoms with Crippen LogP contribution in [-0.4, -0.2) is 77.1 Å². The van der Waals surface area contributed by atoms with Gasteiger partial charge in [-0.3, -0.25) is 29.4 Å². The van der Waals surface area contributed by atoms with Crippen LogP contribution in [0.5, 0.6) is 0 Å². The molecule has 0 radical (unpaired) electrons. The monoisotopic (exact) mass is 581 g/mol. The molecule has 4 atom stereocenters. The number of carboxylic acids is 1. The summed E-state index contributed by atoms with van der Waals surface area (Å²) in [7, 11) is 0. The normalized spacial score (nSPS) is 17.0. The van der Waals surface area contributed by atoms with E-state index in [2.05, 4.69) is 21.4 Å². The standard InChI is InChI=1S/C30H39N5O7/c1-19(2)24(31-16-10-15-21-11-6-4-7-12-21)28(39)33-20(3)27(38)34-35(18-23(36)37)30(41)26-25(42-26)29(40)32-17-22-13-8-5-9-14-22/h4-9,11-14,19-20,24-26,31H,10,15-18H2,1-3H3,(H,32,40)(H,33,39)(H,34,38)(H,36,37)/t20?,24?,25-,26-/m0/s1. The molecule has 1 aliphatic heterocycles. The molecule has 1 aliphatic rings.